The molecule has 2 heterocycles. The number of hydrogen-bond acceptors (Lipinski definition) is 9. The Morgan fingerprint density at radius 3 is 1.88 bits per heavy atom. The van der Waals surface area contributed by atoms with Crippen LogP contribution < -0.4 is 30.3 Å². The highest BCUT2D eigenvalue weighted by molar-refractivity contribution is 7.07. The summed E-state index contributed by atoms with van der Waals surface area (Å²) < 4.78 is 12.7. The highest BCUT2D eigenvalue weighted by Gasteiger charge is 2.40. The molecule has 0 saturated carbocycles. The van der Waals surface area contributed by atoms with Gasteiger partial charge in [0.15, 0.2) is 0 Å². The van der Waals surface area contributed by atoms with E-state index < -0.39 is 23.4 Å². The maximum absolute atomic E-state index is 13.7. The molecular formula is C30H34N4O5S. The molecule has 0 bridgehead atoms. The van der Waals surface area contributed by atoms with Crippen molar-refractivity contribution >= 4 is 52.1 Å². The summed E-state index contributed by atoms with van der Waals surface area (Å²) in [6, 6.07) is 15.2. The van der Waals surface area contributed by atoms with Crippen molar-refractivity contribution in [3.63, 3.8) is 0 Å². The number of ether oxygens (including phenoxy) is 2. The summed E-state index contributed by atoms with van der Waals surface area (Å²) >= 11 is 1.14. The van der Waals surface area contributed by atoms with E-state index in [2.05, 4.69) is 0 Å². The Morgan fingerprint density at radius 2 is 1.38 bits per heavy atom. The third-order valence-corrected chi connectivity index (χ3v) is 7.70. The second-order valence-electron chi connectivity index (χ2n) is 9.61. The minimum Gasteiger partial charge on any atom is -0.463 e. The Kier molecular flexibility index (Phi) is 8.49. The van der Waals surface area contributed by atoms with Gasteiger partial charge in [-0.1, -0.05) is 24.3 Å². The van der Waals surface area contributed by atoms with Crippen LogP contribution in [0.15, 0.2) is 58.9 Å². The summed E-state index contributed by atoms with van der Waals surface area (Å²) in [5.74, 6) is -2.28. The number of carbonyl (C=O) groups is 2. The third-order valence-electron chi connectivity index (χ3n) is 6.59. The zero-order chi connectivity index (χ0) is 29.1. The van der Waals surface area contributed by atoms with Crippen LogP contribution in [-0.2, 0) is 19.1 Å². The Balaban J connectivity index is 2.04. The maximum atomic E-state index is 13.7. The fourth-order valence-electron chi connectivity index (χ4n) is 4.58. The molecule has 210 valence electrons. The predicted octanol–water partition coefficient (Wildman–Crippen LogP) is 2.07. The van der Waals surface area contributed by atoms with Crippen LogP contribution in [0.5, 0.6) is 0 Å². The van der Waals surface area contributed by atoms with Crippen molar-refractivity contribution in [3.05, 3.63) is 84.8 Å². The monoisotopic (exact) mass is 562 g/mol. The molecule has 2 N–H and O–H groups in total. The van der Waals surface area contributed by atoms with Crippen molar-refractivity contribution in [1.29, 1.82) is 0 Å². The largest absolute Gasteiger partial charge is 0.463 e. The van der Waals surface area contributed by atoms with Gasteiger partial charge in [-0.2, -0.15) is 0 Å². The molecule has 0 aliphatic carbocycles. The van der Waals surface area contributed by atoms with Gasteiger partial charge in [0, 0.05) is 39.6 Å². The van der Waals surface area contributed by atoms with E-state index in [1.807, 2.05) is 86.5 Å². The van der Waals surface area contributed by atoms with Crippen LogP contribution in [0.2, 0.25) is 0 Å². The lowest BCUT2D eigenvalue weighted by Crippen LogP contribution is -2.42. The molecule has 0 fully saturated rings. The molecule has 0 spiro atoms. The number of fused-ring (bicyclic) bond motifs is 1. The van der Waals surface area contributed by atoms with E-state index in [4.69, 9.17) is 15.2 Å². The van der Waals surface area contributed by atoms with Gasteiger partial charge in [-0.3, -0.25) is 9.36 Å². The van der Waals surface area contributed by atoms with Crippen molar-refractivity contribution in [3.8, 4) is 0 Å². The average Bonchev–Trinajstić information content (AvgIpc) is 3.24. The second-order valence-corrected chi connectivity index (χ2v) is 10.6. The predicted molar refractivity (Wildman–Crippen MR) is 160 cm³/mol. The first-order chi connectivity index (χ1) is 19.1. The fraction of sp³-hybridized carbons (Fsp3) is 0.300. The van der Waals surface area contributed by atoms with Crippen LogP contribution in [0, 0.1) is 0 Å². The van der Waals surface area contributed by atoms with Crippen LogP contribution in [0.4, 0.5) is 11.4 Å². The third kappa shape index (κ3) is 5.40. The topological polar surface area (TPSA) is 107 Å². The van der Waals surface area contributed by atoms with Crippen LogP contribution in [0.25, 0.3) is 17.5 Å². The first kappa shape index (κ1) is 28.7. The Morgan fingerprint density at radius 1 is 0.875 bits per heavy atom. The molecule has 2 aromatic carbocycles. The molecule has 4 rings (SSSR count). The lowest BCUT2D eigenvalue weighted by atomic mass is 9.83. The number of thiazole rings is 1. The molecule has 3 aromatic rings. The number of nitrogens with zero attached hydrogens (tertiary/aromatic N) is 3. The van der Waals surface area contributed by atoms with E-state index in [1.54, 1.807) is 19.9 Å². The average molecular weight is 563 g/mol. The van der Waals surface area contributed by atoms with E-state index in [1.165, 1.54) is 4.57 Å². The maximum Gasteiger partial charge on any atom is 0.338 e. The Bertz CT molecular complexity index is 1630. The molecule has 0 saturated heterocycles. The van der Waals surface area contributed by atoms with Crippen molar-refractivity contribution < 1.29 is 19.1 Å². The van der Waals surface area contributed by atoms with Crippen LogP contribution in [-0.4, -0.2) is 57.9 Å². The van der Waals surface area contributed by atoms with Crippen LogP contribution in [0.3, 0.4) is 0 Å². The molecule has 1 aromatic heterocycles. The SMILES string of the molecule is CCOC(=O)C1=C(N)n2c(s/c(=C\c3ccc(N(C)C)cc3)c2=O)=C(C(=O)OCC)[C@@H]1c1ccc(N(C)C)cc1. The van der Waals surface area contributed by atoms with Gasteiger partial charge in [-0.25, -0.2) is 9.59 Å². The molecule has 0 unspecified atom stereocenters. The van der Waals surface area contributed by atoms with Gasteiger partial charge in [-0.15, -0.1) is 11.3 Å². The molecule has 0 amide bonds. The normalized spacial score (nSPS) is 15.1. The molecule has 40 heavy (non-hydrogen) atoms. The standard InChI is InChI=1S/C30H34N4O5S/c1-7-38-29(36)24-23(19-11-15-21(16-12-19)33(5)6)25(30(37)39-8-2)28-34(26(24)31)27(35)22(40-28)17-18-9-13-20(14-10-18)32(3)4/h9-17,23H,7-8,31H2,1-6H3/b22-17-/t23-/m1/s1. The van der Waals surface area contributed by atoms with Crippen LogP contribution >= 0.6 is 11.3 Å². The van der Waals surface area contributed by atoms with Gasteiger partial charge >= 0.3 is 11.9 Å². The number of carbonyl (C=O) groups excluding carboxylic acids is 2. The second kappa shape index (κ2) is 11.8. The number of rotatable bonds is 8. The van der Waals surface area contributed by atoms with E-state index >= 15 is 0 Å². The van der Waals surface area contributed by atoms with Crippen molar-refractivity contribution in [2.75, 3.05) is 51.2 Å². The van der Waals surface area contributed by atoms with Gasteiger partial charge in [0.05, 0.1) is 34.8 Å². The first-order valence-electron chi connectivity index (χ1n) is 13.0. The molecule has 1 aliphatic heterocycles. The number of benzene rings is 2. The number of nitrogens with two attached hydrogens (primary N) is 1. The lowest BCUT2D eigenvalue weighted by Gasteiger charge is -2.27. The van der Waals surface area contributed by atoms with E-state index in [9.17, 15) is 14.4 Å². The molecule has 1 atom stereocenters. The van der Waals surface area contributed by atoms with E-state index in [0.717, 1.165) is 28.3 Å². The first-order valence-corrected chi connectivity index (χ1v) is 13.8. The number of aromatic nitrogens is 1. The van der Waals surface area contributed by atoms with Gasteiger partial charge in [-0.05, 0) is 55.3 Å². The van der Waals surface area contributed by atoms with Gasteiger partial charge in [0.25, 0.3) is 5.56 Å². The van der Waals surface area contributed by atoms with E-state index in [0.29, 0.717) is 14.8 Å². The van der Waals surface area contributed by atoms with Gasteiger partial charge in [0.2, 0.25) is 0 Å². The number of esters is 2. The summed E-state index contributed by atoms with van der Waals surface area (Å²) in [4.78, 5) is 44.5. The Hall–Kier alpha value is -4.31. The van der Waals surface area contributed by atoms with Gasteiger partial charge in [0.1, 0.15) is 10.5 Å². The minimum atomic E-state index is -0.889. The summed E-state index contributed by atoms with van der Waals surface area (Å²) in [7, 11) is 7.74. The highest BCUT2D eigenvalue weighted by atomic mass is 32.1. The molecular weight excluding hydrogens is 528 g/mol. The number of hydrogen-bond donors (Lipinski definition) is 1. The highest BCUT2D eigenvalue weighted by Crippen LogP contribution is 2.38. The zero-order valence-corrected chi connectivity index (χ0v) is 24.4. The van der Waals surface area contributed by atoms with Gasteiger partial charge < -0.3 is 25.0 Å². The quantitative estimate of drug-likeness (QED) is 0.416. The Labute approximate surface area is 237 Å². The number of anilines is 2. The van der Waals surface area contributed by atoms with Crippen molar-refractivity contribution in [2.24, 2.45) is 5.73 Å². The molecule has 0 radical (unpaired) electrons. The van der Waals surface area contributed by atoms with E-state index in [-0.39, 0.29) is 30.2 Å². The molecule has 10 heteroatoms. The summed E-state index contributed by atoms with van der Waals surface area (Å²) in [6.45, 7) is 3.61. The van der Waals surface area contributed by atoms with Crippen molar-refractivity contribution in [1.82, 2.24) is 4.57 Å². The minimum absolute atomic E-state index is 0.0248. The summed E-state index contributed by atoms with van der Waals surface area (Å²) in [5.41, 5.74) is 9.76. The summed E-state index contributed by atoms with van der Waals surface area (Å²) in [6.07, 6.45) is 1.75. The smallest absolute Gasteiger partial charge is 0.338 e. The fourth-order valence-corrected chi connectivity index (χ4v) is 5.75. The molecule has 9 nitrogen and oxygen atoms in total. The zero-order valence-electron chi connectivity index (χ0n) is 23.6. The molecule has 1 aliphatic rings. The summed E-state index contributed by atoms with van der Waals surface area (Å²) in [5, 5.41) is 0. The van der Waals surface area contributed by atoms with Crippen molar-refractivity contribution in [2.45, 2.75) is 19.8 Å². The van der Waals surface area contributed by atoms with Crippen LogP contribution in [0.1, 0.15) is 30.9 Å². The lowest BCUT2D eigenvalue weighted by molar-refractivity contribution is -0.138.